The molecule has 0 heterocycles. The minimum atomic E-state index is -0.706. The number of rotatable bonds is 8. The Morgan fingerprint density at radius 2 is 1.88 bits per heavy atom. The lowest BCUT2D eigenvalue weighted by Gasteiger charge is -2.17. The molecule has 0 radical (unpaired) electrons. The third-order valence-corrected chi connectivity index (χ3v) is 3.55. The first-order valence-corrected chi connectivity index (χ1v) is 8.00. The standard InChI is InChI=1S/C17H29N3O3.HI/c1-6-12(3)20-17(18-7-2)19-11-14(21)13-8-9-15(22-4)16(10-13)23-5;/h8-10,12,14,21H,6-7,11H2,1-5H3,(H2,18,19,20);1H. The molecule has 7 heteroatoms. The first-order valence-electron chi connectivity index (χ1n) is 8.00. The largest absolute Gasteiger partial charge is 0.493 e. The van der Waals surface area contributed by atoms with Crippen molar-refractivity contribution in [1.82, 2.24) is 10.6 Å². The van der Waals surface area contributed by atoms with Gasteiger partial charge in [-0.25, -0.2) is 0 Å². The van der Waals surface area contributed by atoms with Crippen LogP contribution in [-0.2, 0) is 0 Å². The van der Waals surface area contributed by atoms with E-state index in [1.54, 1.807) is 26.4 Å². The van der Waals surface area contributed by atoms with Crippen molar-refractivity contribution in [3.8, 4) is 11.5 Å². The molecule has 0 amide bonds. The van der Waals surface area contributed by atoms with E-state index in [4.69, 9.17) is 9.47 Å². The van der Waals surface area contributed by atoms with Crippen molar-refractivity contribution in [3.05, 3.63) is 23.8 Å². The highest BCUT2D eigenvalue weighted by molar-refractivity contribution is 14.0. The van der Waals surface area contributed by atoms with Crippen LogP contribution in [0.25, 0.3) is 0 Å². The predicted octanol–water partition coefficient (Wildman–Crippen LogP) is 2.71. The number of nitrogens with one attached hydrogen (secondary N) is 2. The highest BCUT2D eigenvalue weighted by Gasteiger charge is 2.12. The number of aliphatic hydroxyl groups excluding tert-OH is 1. The molecule has 0 aromatic heterocycles. The van der Waals surface area contributed by atoms with Gasteiger partial charge in [0.2, 0.25) is 0 Å². The molecule has 2 atom stereocenters. The second-order valence-corrected chi connectivity index (χ2v) is 5.30. The molecule has 2 unspecified atom stereocenters. The van der Waals surface area contributed by atoms with E-state index in [9.17, 15) is 5.11 Å². The van der Waals surface area contributed by atoms with Crippen molar-refractivity contribution in [2.45, 2.75) is 39.3 Å². The van der Waals surface area contributed by atoms with Gasteiger partial charge in [0.1, 0.15) is 0 Å². The van der Waals surface area contributed by atoms with E-state index in [0.29, 0.717) is 23.5 Å². The van der Waals surface area contributed by atoms with Crippen LogP contribution in [0, 0.1) is 0 Å². The zero-order valence-corrected chi connectivity index (χ0v) is 17.5. The molecule has 0 aliphatic carbocycles. The van der Waals surface area contributed by atoms with Gasteiger partial charge < -0.3 is 25.2 Å². The summed E-state index contributed by atoms with van der Waals surface area (Å²) in [7, 11) is 3.16. The zero-order chi connectivity index (χ0) is 17.2. The SMILES string of the molecule is CCNC(=NCC(O)c1ccc(OC)c(OC)c1)NC(C)CC.I. The van der Waals surface area contributed by atoms with E-state index in [0.717, 1.165) is 18.5 Å². The van der Waals surface area contributed by atoms with Gasteiger partial charge in [0.05, 0.1) is 26.9 Å². The number of ether oxygens (including phenoxy) is 2. The molecule has 0 fully saturated rings. The Labute approximate surface area is 162 Å². The lowest BCUT2D eigenvalue weighted by atomic mass is 10.1. The van der Waals surface area contributed by atoms with Crippen LogP contribution in [0.1, 0.15) is 38.9 Å². The van der Waals surface area contributed by atoms with Crippen LogP contribution >= 0.6 is 24.0 Å². The average Bonchev–Trinajstić information content (AvgIpc) is 2.58. The van der Waals surface area contributed by atoms with Crippen LogP contribution < -0.4 is 20.1 Å². The fourth-order valence-corrected chi connectivity index (χ4v) is 2.00. The summed E-state index contributed by atoms with van der Waals surface area (Å²) in [6, 6.07) is 5.69. The molecule has 1 aromatic rings. The van der Waals surface area contributed by atoms with Gasteiger partial charge in [-0.15, -0.1) is 24.0 Å². The minimum Gasteiger partial charge on any atom is -0.493 e. The maximum absolute atomic E-state index is 10.4. The van der Waals surface area contributed by atoms with Crippen molar-refractivity contribution < 1.29 is 14.6 Å². The summed E-state index contributed by atoms with van der Waals surface area (Å²) in [4.78, 5) is 4.45. The number of benzene rings is 1. The van der Waals surface area contributed by atoms with Crippen molar-refractivity contribution in [2.75, 3.05) is 27.3 Å². The Kier molecular flexibility index (Phi) is 11.6. The highest BCUT2D eigenvalue weighted by Crippen LogP contribution is 2.29. The Morgan fingerprint density at radius 1 is 1.21 bits per heavy atom. The molecule has 1 aromatic carbocycles. The summed E-state index contributed by atoms with van der Waals surface area (Å²) < 4.78 is 10.5. The minimum absolute atomic E-state index is 0. The maximum Gasteiger partial charge on any atom is 0.191 e. The number of guanidine groups is 1. The van der Waals surface area contributed by atoms with Crippen LogP contribution in [0.4, 0.5) is 0 Å². The van der Waals surface area contributed by atoms with Crippen LogP contribution in [0.15, 0.2) is 23.2 Å². The van der Waals surface area contributed by atoms with Crippen LogP contribution in [-0.4, -0.2) is 44.4 Å². The highest BCUT2D eigenvalue weighted by atomic mass is 127. The summed E-state index contributed by atoms with van der Waals surface area (Å²) in [5.41, 5.74) is 0.741. The fourth-order valence-electron chi connectivity index (χ4n) is 2.00. The molecule has 6 nitrogen and oxygen atoms in total. The number of aliphatic imine (C=N–C) groups is 1. The van der Waals surface area contributed by atoms with Crippen LogP contribution in [0.2, 0.25) is 0 Å². The van der Waals surface area contributed by atoms with E-state index >= 15 is 0 Å². The summed E-state index contributed by atoms with van der Waals surface area (Å²) in [5, 5.41) is 16.8. The number of aliphatic hydroxyl groups is 1. The first kappa shape index (κ1) is 22.8. The molecule has 1 rings (SSSR count). The number of halogens is 1. The van der Waals surface area contributed by atoms with Crippen LogP contribution in [0.5, 0.6) is 11.5 Å². The Bertz CT molecular complexity index is 512. The Morgan fingerprint density at radius 3 is 2.42 bits per heavy atom. The summed E-state index contributed by atoms with van der Waals surface area (Å²) >= 11 is 0. The molecule has 24 heavy (non-hydrogen) atoms. The monoisotopic (exact) mass is 451 g/mol. The van der Waals surface area contributed by atoms with Gasteiger partial charge in [-0.2, -0.15) is 0 Å². The lowest BCUT2D eigenvalue weighted by molar-refractivity contribution is 0.186. The zero-order valence-electron chi connectivity index (χ0n) is 15.1. The average molecular weight is 451 g/mol. The quantitative estimate of drug-likeness (QED) is 0.322. The molecule has 0 aliphatic rings. The predicted molar refractivity (Wildman–Crippen MR) is 109 cm³/mol. The molecule has 0 aliphatic heterocycles. The Balaban J connectivity index is 0.00000529. The lowest BCUT2D eigenvalue weighted by Crippen LogP contribution is -2.42. The third kappa shape index (κ3) is 7.12. The summed E-state index contributed by atoms with van der Waals surface area (Å²) in [6.45, 7) is 7.26. The van der Waals surface area contributed by atoms with Gasteiger partial charge in [-0.3, -0.25) is 4.99 Å². The smallest absolute Gasteiger partial charge is 0.191 e. The van der Waals surface area contributed by atoms with Crippen LogP contribution in [0.3, 0.4) is 0 Å². The normalized spacial score (nSPS) is 13.5. The third-order valence-electron chi connectivity index (χ3n) is 3.55. The van der Waals surface area contributed by atoms with Crippen molar-refractivity contribution in [2.24, 2.45) is 4.99 Å². The van der Waals surface area contributed by atoms with Crippen molar-refractivity contribution >= 4 is 29.9 Å². The van der Waals surface area contributed by atoms with Gasteiger partial charge >= 0.3 is 0 Å². The molecule has 138 valence electrons. The van der Waals surface area contributed by atoms with E-state index in [1.165, 1.54) is 0 Å². The number of hydrogen-bond acceptors (Lipinski definition) is 4. The Hall–Kier alpha value is -1.22. The number of nitrogens with zero attached hydrogens (tertiary/aromatic N) is 1. The molecule has 0 saturated heterocycles. The second kappa shape index (κ2) is 12.2. The van der Waals surface area contributed by atoms with Gasteiger partial charge in [0.25, 0.3) is 0 Å². The molecule has 0 bridgehead atoms. The molecule has 0 spiro atoms. The van der Waals surface area contributed by atoms with Gasteiger partial charge in [0, 0.05) is 12.6 Å². The second-order valence-electron chi connectivity index (χ2n) is 5.30. The van der Waals surface area contributed by atoms with E-state index in [2.05, 4.69) is 29.5 Å². The van der Waals surface area contributed by atoms with Crippen molar-refractivity contribution in [3.63, 3.8) is 0 Å². The summed E-state index contributed by atoms with van der Waals surface area (Å²) in [5.74, 6) is 1.94. The van der Waals surface area contributed by atoms with E-state index < -0.39 is 6.10 Å². The number of hydrogen-bond donors (Lipinski definition) is 3. The van der Waals surface area contributed by atoms with Gasteiger partial charge in [-0.1, -0.05) is 13.0 Å². The van der Waals surface area contributed by atoms with Crippen molar-refractivity contribution in [1.29, 1.82) is 0 Å². The topological polar surface area (TPSA) is 75.1 Å². The fraction of sp³-hybridized carbons (Fsp3) is 0.588. The molecular weight excluding hydrogens is 421 g/mol. The van der Waals surface area contributed by atoms with Gasteiger partial charge in [-0.05, 0) is 38.0 Å². The van der Waals surface area contributed by atoms with E-state index in [1.807, 2.05) is 13.0 Å². The van der Waals surface area contributed by atoms with Gasteiger partial charge in [0.15, 0.2) is 17.5 Å². The van der Waals surface area contributed by atoms with E-state index in [-0.39, 0.29) is 30.5 Å². The summed E-state index contributed by atoms with van der Waals surface area (Å²) in [6.07, 6.45) is 0.296. The maximum atomic E-state index is 10.4. The molecular formula is C17H30IN3O3. The molecule has 3 N–H and O–H groups in total. The number of methoxy groups -OCH3 is 2. The first-order chi connectivity index (χ1) is 11.0. The molecule has 0 saturated carbocycles.